The number of aryl methyl sites for hydroxylation is 1. The molecule has 0 fully saturated rings. The molecule has 110 valence electrons. The van der Waals surface area contributed by atoms with Crippen molar-refractivity contribution in [2.75, 3.05) is 0 Å². The van der Waals surface area contributed by atoms with Gasteiger partial charge in [0.1, 0.15) is 11.6 Å². The van der Waals surface area contributed by atoms with Gasteiger partial charge in [0.15, 0.2) is 0 Å². The second-order valence-electron chi connectivity index (χ2n) is 4.55. The minimum Gasteiger partial charge on any atom is -0.481 e. The van der Waals surface area contributed by atoms with Gasteiger partial charge in [0.25, 0.3) is 0 Å². The van der Waals surface area contributed by atoms with Gasteiger partial charge < -0.3 is 19.8 Å². The Balaban J connectivity index is 2.43. The quantitative estimate of drug-likeness (QED) is 0.675. The second-order valence-corrected chi connectivity index (χ2v) is 4.98. The Morgan fingerprint density at radius 2 is 2.29 bits per heavy atom. The number of nitrogens with zero attached hydrogens (tertiary/aromatic N) is 3. The summed E-state index contributed by atoms with van der Waals surface area (Å²) in [6.07, 6.45) is 1.33. The third kappa shape index (κ3) is 3.19. The third-order valence-corrected chi connectivity index (χ3v) is 3.33. The highest BCUT2D eigenvalue weighted by Gasteiger charge is 2.32. The Morgan fingerprint density at radius 1 is 1.57 bits per heavy atom. The molecule has 0 aliphatic heterocycles. The second kappa shape index (κ2) is 5.92. The zero-order chi connectivity index (χ0) is 15.6. The molecule has 0 aliphatic rings. The summed E-state index contributed by atoms with van der Waals surface area (Å²) in [5.41, 5.74) is 0.748. The van der Waals surface area contributed by atoms with E-state index in [4.69, 9.17) is 11.6 Å². The summed E-state index contributed by atoms with van der Waals surface area (Å²) < 4.78 is 1.36. The van der Waals surface area contributed by atoms with Crippen molar-refractivity contribution in [2.45, 2.75) is 12.3 Å². The van der Waals surface area contributed by atoms with E-state index in [1.54, 1.807) is 24.3 Å². The number of nitro groups is 1. The first-order chi connectivity index (χ1) is 9.90. The van der Waals surface area contributed by atoms with E-state index in [1.165, 1.54) is 17.9 Å². The molecule has 0 saturated carbocycles. The first-order valence-corrected chi connectivity index (χ1v) is 6.40. The molecule has 1 unspecified atom stereocenters. The molecule has 0 spiro atoms. The van der Waals surface area contributed by atoms with Gasteiger partial charge >= 0.3 is 11.8 Å². The molecule has 1 atom stereocenters. The fraction of sp³-hybridized carbons (Fsp3) is 0.231. The first kappa shape index (κ1) is 15.0. The van der Waals surface area contributed by atoms with Crippen molar-refractivity contribution in [1.29, 1.82) is 0 Å². The highest BCUT2D eigenvalue weighted by molar-refractivity contribution is 6.30. The maximum absolute atomic E-state index is 11.5. The van der Waals surface area contributed by atoms with Crippen LogP contribution in [0.2, 0.25) is 5.02 Å². The number of aromatic nitrogens is 2. The lowest BCUT2D eigenvalue weighted by molar-refractivity contribution is -0.390. The van der Waals surface area contributed by atoms with Gasteiger partial charge in [-0.1, -0.05) is 23.7 Å². The van der Waals surface area contributed by atoms with E-state index in [0.29, 0.717) is 10.6 Å². The van der Waals surface area contributed by atoms with Crippen LogP contribution in [0.1, 0.15) is 17.2 Å². The number of rotatable bonds is 5. The van der Waals surface area contributed by atoms with E-state index in [0.717, 1.165) is 0 Å². The van der Waals surface area contributed by atoms with Gasteiger partial charge in [-0.2, -0.15) is 0 Å². The van der Waals surface area contributed by atoms with Crippen LogP contribution in [0.5, 0.6) is 0 Å². The number of aliphatic carboxylic acids is 1. The van der Waals surface area contributed by atoms with Gasteiger partial charge in [-0.3, -0.25) is 4.79 Å². The van der Waals surface area contributed by atoms with E-state index in [2.05, 4.69) is 4.98 Å². The van der Waals surface area contributed by atoms with Crippen LogP contribution in [0.15, 0.2) is 30.6 Å². The fourth-order valence-electron chi connectivity index (χ4n) is 2.17. The van der Waals surface area contributed by atoms with Crippen molar-refractivity contribution in [3.8, 4) is 0 Å². The van der Waals surface area contributed by atoms with Crippen LogP contribution in [0.25, 0.3) is 0 Å². The molecule has 0 amide bonds. The zero-order valence-corrected chi connectivity index (χ0v) is 11.8. The predicted molar refractivity (Wildman–Crippen MR) is 75.4 cm³/mol. The average molecular weight is 310 g/mol. The molecule has 1 aromatic heterocycles. The lowest BCUT2D eigenvalue weighted by Crippen LogP contribution is -2.18. The Hall–Kier alpha value is -2.41. The van der Waals surface area contributed by atoms with Gasteiger partial charge in [-0.25, -0.2) is 0 Å². The van der Waals surface area contributed by atoms with Gasteiger partial charge in [0.2, 0.25) is 6.33 Å². The molecule has 1 aromatic carbocycles. The number of hydrogen-bond acceptors (Lipinski definition) is 4. The Morgan fingerprint density at radius 3 is 2.86 bits per heavy atom. The van der Waals surface area contributed by atoms with E-state index in [9.17, 15) is 20.0 Å². The molecule has 0 saturated heterocycles. The smallest absolute Gasteiger partial charge is 0.385 e. The van der Waals surface area contributed by atoms with Crippen LogP contribution in [-0.2, 0) is 18.3 Å². The molecule has 8 heteroatoms. The Labute approximate surface area is 124 Å². The number of carbonyl (C=O) groups is 1. The summed E-state index contributed by atoms with van der Waals surface area (Å²) in [7, 11) is 1.53. The topological polar surface area (TPSA) is 98.3 Å². The Bertz CT molecular complexity index is 698. The summed E-state index contributed by atoms with van der Waals surface area (Å²) in [4.78, 5) is 25.5. The molecule has 2 rings (SSSR count). The fourth-order valence-corrected chi connectivity index (χ4v) is 2.38. The normalized spacial score (nSPS) is 12.1. The zero-order valence-electron chi connectivity index (χ0n) is 11.1. The van der Waals surface area contributed by atoms with Gasteiger partial charge in [-0.05, 0) is 34.0 Å². The lowest BCUT2D eigenvalue weighted by Gasteiger charge is -2.12. The minimum atomic E-state index is -1.15. The molecule has 21 heavy (non-hydrogen) atoms. The van der Waals surface area contributed by atoms with E-state index in [-0.39, 0.29) is 12.1 Å². The van der Waals surface area contributed by atoms with Crippen LogP contribution in [0.4, 0.5) is 5.82 Å². The molecular formula is C13H12ClN3O4. The Kier molecular flexibility index (Phi) is 4.23. The average Bonchev–Trinajstić information content (AvgIpc) is 2.77. The minimum absolute atomic E-state index is 0.0625. The monoisotopic (exact) mass is 309 g/mol. The number of carboxylic acids is 1. The number of imidazole rings is 1. The van der Waals surface area contributed by atoms with Crippen molar-refractivity contribution < 1.29 is 14.8 Å². The van der Waals surface area contributed by atoms with Crippen molar-refractivity contribution in [3.05, 3.63) is 57.0 Å². The van der Waals surface area contributed by atoms with E-state index < -0.39 is 22.6 Å². The lowest BCUT2D eigenvalue weighted by atomic mass is 9.96. The molecule has 0 radical (unpaired) electrons. The van der Waals surface area contributed by atoms with Crippen LogP contribution in [0.3, 0.4) is 0 Å². The summed E-state index contributed by atoms with van der Waals surface area (Å²) in [5, 5.41) is 20.9. The van der Waals surface area contributed by atoms with Crippen LogP contribution < -0.4 is 0 Å². The van der Waals surface area contributed by atoms with E-state index in [1.807, 2.05) is 0 Å². The molecular weight excluding hydrogens is 298 g/mol. The predicted octanol–water partition coefficient (Wildman–Crippen LogP) is 2.39. The van der Waals surface area contributed by atoms with Crippen molar-refractivity contribution >= 4 is 23.4 Å². The molecule has 7 nitrogen and oxygen atoms in total. The highest BCUT2D eigenvalue weighted by atomic mass is 35.5. The third-order valence-electron chi connectivity index (χ3n) is 3.09. The number of hydrogen-bond donors (Lipinski definition) is 1. The number of halogens is 1. The van der Waals surface area contributed by atoms with Crippen LogP contribution in [-0.4, -0.2) is 25.6 Å². The summed E-state index contributed by atoms with van der Waals surface area (Å²) >= 11 is 5.87. The molecule has 0 aliphatic carbocycles. The van der Waals surface area contributed by atoms with E-state index >= 15 is 0 Å². The molecule has 2 aromatic rings. The SMILES string of the molecule is Cn1cnc([N+](=O)[O-])c1C(Cc1cccc(Cl)c1)C(=O)O. The van der Waals surface area contributed by atoms with Gasteiger partial charge in [0, 0.05) is 12.1 Å². The molecule has 1 heterocycles. The summed E-state index contributed by atoms with van der Waals surface area (Å²) in [5.74, 6) is -2.66. The number of carboxylic acid groups (broad SMARTS) is 1. The maximum Gasteiger partial charge on any atom is 0.385 e. The summed E-state index contributed by atoms with van der Waals surface area (Å²) in [6, 6.07) is 6.74. The van der Waals surface area contributed by atoms with Gasteiger partial charge in [-0.15, -0.1) is 0 Å². The molecule has 1 N–H and O–H groups in total. The molecule has 0 bridgehead atoms. The van der Waals surface area contributed by atoms with Crippen molar-refractivity contribution in [2.24, 2.45) is 7.05 Å². The standard InChI is InChI=1S/C13H12ClN3O4/c1-16-7-15-12(17(20)21)11(16)10(13(18)19)6-8-3-2-4-9(14)5-8/h2-5,7,10H,6H2,1H3,(H,18,19). The largest absolute Gasteiger partial charge is 0.481 e. The maximum atomic E-state index is 11.5. The van der Waals surface area contributed by atoms with Gasteiger partial charge in [0.05, 0.1) is 0 Å². The van der Waals surface area contributed by atoms with Crippen LogP contribution in [0, 0.1) is 10.1 Å². The number of benzene rings is 1. The first-order valence-electron chi connectivity index (χ1n) is 6.03. The van der Waals surface area contributed by atoms with Crippen molar-refractivity contribution in [1.82, 2.24) is 9.55 Å². The summed E-state index contributed by atoms with van der Waals surface area (Å²) in [6.45, 7) is 0. The highest BCUT2D eigenvalue weighted by Crippen LogP contribution is 2.28. The van der Waals surface area contributed by atoms with Crippen LogP contribution >= 0.6 is 11.6 Å². The van der Waals surface area contributed by atoms with Crippen molar-refractivity contribution in [3.63, 3.8) is 0 Å².